The smallest absolute Gasteiger partial charge is 0.229 e. The van der Waals surface area contributed by atoms with Crippen molar-refractivity contribution in [2.45, 2.75) is 19.3 Å². The maximum atomic E-state index is 12.5. The van der Waals surface area contributed by atoms with E-state index in [4.69, 9.17) is 0 Å². The molecule has 4 rings (SSSR count). The number of rotatable bonds is 3. The molecule has 0 aromatic carbocycles. The van der Waals surface area contributed by atoms with E-state index in [0.717, 1.165) is 50.7 Å². The second kappa shape index (κ2) is 5.98. The number of hydrogen-bond acceptors (Lipinski definition) is 5. The first-order valence-electron chi connectivity index (χ1n) is 8.17. The molecular weight excluding hydrogens is 292 g/mol. The molecule has 0 aliphatic carbocycles. The second-order valence-electron chi connectivity index (χ2n) is 6.17. The highest BCUT2D eigenvalue weighted by molar-refractivity contribution is 5.82. The zero-order valence-electron chi connectivity index (χ0n) is 13.0. The van der Waals surface area contributed by atoms with E-state index >= 15 is 0 Å². The van der Waals surface area contributed by atoms with E-state index in [-0.39, 0.29) is 5.92 Å². The quantitative estimate of drug-likeness (QED) is 0.849. The van der Waals surface area contributed by atoms with E-state index in [1.54, 1.807) is 17.2 Å². The van der Waals surface area contributed by atoms with Gasteiger partial charge in [0, 0.05) is 44.6 Å². The molecule has 0 spiro atoms. The molecule has 2 saturated heterocycles. The van der Waals surface area contributed by atoms with Crippen molar-refractivity contribution in [2.75, 3.05) is 31.1 Å². The van der Waals surface area contributed by atoms with E-state index in [2.05, 4.69) is 20.0 Å². The Kier molecular flexibility index (Phi) is 3.69. The summed E-state index contributed by atoms with van der Waals surface area (Å²) in [6.45, 7) is 3.33. The lowest BCUT2D eigenvalue weighted by molar-refractivity contribution is -0.137. The third-order valence-corrected chi connectivity index (χ3v) is 4.60. The van der Waals surface area contributed by atoms with Crippen molar-refractivity contribution < 1.29 is 4.79 Å². The Hall–Kier alpha value is -2.44. The van der Waals surface area contributed by atoms with Crippen LogP contribution < -0.4 is 4.90 Å². The van der Waals surface area contributed by atoms with Gasteiger partial charge in [-0.15, -0.1) is 0 Å². The van der Waals surface area contributed by atoms with Crippen LogP contribution in [0.25, 0.3) is 5.82 Å². The van der Waals surface area contributed by atoms with E-state index in [1.165, 1.54) is 6.42 Å². The lowest BCUT2D eigenvalue weighted by atomic mass is 9.97. The molecule has 2 aromatic heterocycles. The van der Waals surface area contributed by atoms with Gasteiger partial charge < -0.3 is 9.80 Å². The summed E-state index contributed by atoms with van der Waals surface area (Å²) in [5.41, 5.74) is 0. The van der Waals surface area contributed by atoms with Crippen LogP contribution in [0.2, 0.25) is 0 Å². The van der Waals surface area contributed by atoms with Crippen molar-refractivity contribution in [3.8, 4) is 5.82 Å². The van der Waals surface area contributed by atoms with Crippen molar-refractivity contribution in [1.82, 2.24) is 24.6 Å². The first-order chi connectivity index (χ1) is 11.3. The third kappa shape index (κ3) is 2.78. The number of carbonyl (C=O) groups excluding carboxylic acids is 1. The Labute approximate surface area is 134 Å². The van der Waals surface area contributed by atoms with Crippen molar-refractivity contribution in [2.24, 2.45) is 5.92 Å². The van der Waals surface area contributed by atoms with Crippen LogP contribution in [0.15, 0.2) is 30.9 Å². The number of aromatic nitrogens is 4. The fourth-order valence-corrected chi connectivity index (χ4v) is 3.23. The number of likely N-dealkylation sites (tertiary alicyclic amines) is 1. The van der Waals surface area contributed by atoms with Gasteiger partial charge in [0.15, 0.2) is 5.82 Å². The molecule has 2 aliphatic heterocycles. The molecule has 4 heterocycles. The maximum Gasteiger partial charge on any atom is 0.229 e. The molecule has 0 N–H and O–H groups in total. The number of amides is 1. The predicted molar refractivity (Wildman–Crippen MR) is 85.3 cm³/mol. The summed E-state index contributed by atoms with van der Waals surface area (Å²) in [5.74, 6) is 2.01. The number of nitrogens with zero attached hydrogens (tertiary/aromatic N) is 6. The molecule has 0 bridgehead atoms. The molecule has 2 fully saturated rings. The largest absolute Gasteiger partial charge is 0.355 e. The predicted octanol–water partition coefficient (Wildman–Crippen LogP) is 1.11. The molecular formula is C16H20N6O. The third-order valence-electron chi connectivity index (χ3n) is 4.60. The normalized spacial score (nSPS) is 18.8. The van der Waals surface area contributed by atoms with Gasteiger partial charge in [0.1, 0.15) is 12.1 Å². The van der Waals surface area contributed by atoms with Gasteiger partial charge >= 0.3 is 0 Å². The van der Waals surface area contributed by atoms with Crippen LogP contribution in [0, 0.1) is 5.92 Å². The Morgan fingerprint density at radius 1 is 1.09 bits per heavy atom. The van der Waals surface area contributed by atoms with Gasteiger partial charge in [-0.2, -0.15) is 5.10 Å². The van der Waals surface area contributed by atoms with Crippen molar-refractivity contribution >= 4 is 11.7 Å². The van der Waals surface area contributed by atoms with E-state index in [9.17, 15) is 4.79 Å². The van der Waals surface area contributed by atoms with Gasteiger partial charge in [0.2, 0.25) is 5.91 Å². The van der Waals surface area contributed by atoms with Gasteiger partial charge in [-0.25, -0.2) is 14.6 Å². The number of carbonyl (C=O) groups is 1. The lowest BCUT2D eigenvalue weighted by Gasteiger charge is -2.42. The lowest BCUT2D eigenvalue weighted by Crippen LogP contribution is -2.55. The standard InChI is InChI=1S/C16H20N6O/c23-16(20-6-2-1-3-7-20)13-10-21(11-13)14-9-15(18-12-17-14)22-8-4-5-19-22/h4-5,8-9,12-13H,1-3,6-7,10-11H2. The topological polar surface area (TPSA) is 67.2 Å². The highest BCUT2D eigenvalue weighted by atomic mass is 16.2. The molecule has 120 valence electrons. The summed E-state index contributed by atoms with van der Waals surface area (Å²) < 4.78 is 1.71. The van der Waals surface area contributed by atoms with Crippen molar-refractivity contribution in [3.63, 3.8) is 0 Å². The zero-order chi connectivity index (χ0) is 15.6. The van der Waals surface area contributed by atoms with Crippen LogP contribution in [0.4, 0.5) is 5.82 Å². The fraction of sp³-hybridized carbons (Fsp3) is 0.500. The number of anilines is 1. The first kappa shape index (κ1) is 14.2. The Morgan fingerprint density at radius 2 is 1.87 bits per heavy atom. The molecule has 2 aliphatic rings. The Bertz CT molecular complexity index is 674. The average molecular weight is 312 g/mol. The molecule has 0 atom stereocenters. The summed E-state index contributed by atoms with van der Waals surface area (Å²) >= 11 is 0. The van der Waals surface area contributed by atoms with E-state index in [1.807, 2.05) is 23.2 Å². The molecule has 0 radical (unpaired) electrons. The summed E-state index contributed by atoms with van der Waals surface area (Å²) in [6, 6.07) is 3.77. The van der Waals surface area contributed by atoms with Gasteiger partial charge in [0.05, 0.1) is 5.92 Å². The van der Waals surface area contributed by atoms with Crippen LogP contribution in [-0.2, 0) is 4.79 Å². The van der Waals surface area contributed by atoms with Gasteiger partial charge in [-0.3, -0.25) is 4.79 Å². The van der Waals surface area contributed by atoms with Gasteiger partial charge in [-0.05, 0) is 25.3 Å². The summed E-state index contributed by atoms with van der Waals surface area (Å²) in [4.78, 5) is 25.2. The highest BCUT2D eigenvalue weighted by Gasteiger charge is 2.36. The van der Waals surface area contributed by atoms with E-state index < -0.39 is 0 Å². The van der Waals surface area contributed by atoms with Crippen molar-refractivity contribution in [1.29, 1.82) is 0 Å². The van der Waals surface area contributed by atoms with E-state index in [0.29, 0.717) is 5.91 Å². The average Bonchev–Trinajstić information content (AvgIpc) is 3.09. The van der Waals surface area contributed by atoms with Gasteiger partial charge in [-0.1, -0.05) is 0 Å². The minimum absolute atomic E-state index is 0.108. The van der Waals surface area contributed by atoms with Crippen molar-refractivity contribution in [3.05, 3.63) is 30.9 Å². The zero-order valence-corrected chi connectivity index (χ0v) is 13.0. The Morgan fingerprint density at radius 3 is 2.61 bits per heavy atom. The minimum atomic E-state index is 0.108. The Balaban J connectivity index is 1.40. The number of piperidine rings is 1. The molecule has 23 heavy (non-hydrogen) atoms. The summed E-state index contributed by atoms with van der Waals surface area (Å²) in [5, 5.41) is 4.18. The summed E-state index contributed by atoms with van der Waals surface area (Å²) in [6.07, 6.45) is 8.65. The molecule has 2 aromatic rings. The number of hydrogen-bond donors (Lipinski definition) is 0. The first-order valence-corrected chi connectivity index (χ1v) is 8.17. The highest BCUT2D eigenvalue weighted by Crippen LogP contribution is 2.26. The monoisotopic (exact) mass is 312 g/mol. The van der Waals surface area contributed by atoms with Crippen LogP contribution in [0.3, 0.4) is 0 Å². The van der Waals surface area contributed by atoms with Gasteiger partial charge in [0.25, 0.3) is 0 Å². The van der Waals surface area contributed by atoms with Crippen LogP contribution in [0.5, 0.6) is 0 Å². The van der Waals surface area contributed by atoms with Crippen LogP contribution in [0.1, 0.15) is 19.3 Å². The minimum Gasteiger partial charge on any atom is -0.355 e. The van der Waals surface area contributed by atoms with Crippen LogP contribution >= 0.6 is 0 Å². The second-order valence-corrected chi connectivity index (χ2v) is 6.17. The molecule has 7 heteroatoms. The maximum absolute atomic E-state index is 12.5. The molecule has 0 saturated carbocycles. The molecule has 7 nitrogen and oxygen atoms in total. The fourth-order valence-electron chi connectivity index (χ4n) is 3.23. The molecule has 1 amide bonds. The van der Waals surface area contributed by atoms with Crippen LogP contribution in [-0.4, -0.2) is 56.7 Å². The summed E-state index contributed by atoms with van der Waals surface area (Å²) in [7, 11) is 0. The molecule has 0 unspecified atom stereocenters. The SMILES string of the molecule is O=C(C1CN(c2cc(-n3cccn3)ncn2)C1)N1CCCCC1.